The first-order chi connectivity index (χ1) is 18.8. The summed E-state index contributed by atoms with van der Waals surface area (Å²) in [6.45, 7) is 1.98. The lowest BCUT2D eigenvalue weighted by molar-refractivity contribution is 0.0929. The van der Waals surface area contributed by atoms with Crippen LogP contribution in [0.3, 0.4) is 0 Å². The van der Waals surface area contributed by atoms with Crippen molar-refractivity contribution in [3.8, 4) is 11.1 Å². The number of carbonyl (C=O) groups excluding carboxylic acids is 2. The molecule has 1 aliphatic rings. The Kier molecular flexibility index (Phi) is 6.03. The molecule has 5 aromatic rings. The van der Waals surface area contributed by atoms with Crippen LogP contribution in [0.2, 0.25) is 0 Å². The number of carbonyl (C=O) groups is 2. The molecular weight excluding hydrogens is 491 g/mol. The zero-order valence-electron chi connectivity index (χ0n) is 21.5. The van der Waals surface area contributed by atoms with Crippen LogP contribution in [0.1, 0.15) is 56.0 Å². The Morgan fingerprint density at radius 2 is 1.69 bits per heavy atom. The molecule has 1 aromatic heterocycles. The van der Waals surface area contributed by atoms with Gasteiger partial charge in [0.15, 0.2) is 0 Å². The summed E-state index contributed by atoms with van der Waals surface area (Å²) in [6, 6.07) is 27.4. The van der Waals surface area contributed by atoms with Gasteiger partial charge in [0.2, 0.25) is 0 Å². The van der Waals surface area contributed by atoms with Crippen molar-refractivity contribution in [1.82, 2.24) is 5.32 Å². The normalized spacial score (nSPS) is 13.8. The summed E-state index contributed by atoms with van der Waals surface area (Å²) in [5, 5.41) is 3.85. The first kappa shape index (κ1) is 24.6. The lowest BCUT2D eigenvalue weighted by Gasteiger charge is -2.18. The van der Waals surface area contributed by atoms with Crippen molar-refractivity contribution in [2.24, 2.45) is 5.73 Å². The third-order valence-corrected chi connectivity index (χ3v) is 7.53. The Balaban J connectivity index is 1.34. The average molecular weight is 519 g/mol. The van der Waals surface area contributed by atoms with Gasteiger partial charge in [-0.1, -0.05) is 54.6 Å². The number of aryl methyl sites for hydroxylation is 1. The van der Waals surface area contributed by atoms with E-state index in [-0.39, 0.29) is 17.3 Å². The summed E-state index contributed by atoms with van der Waals surface area (Å²) in [5.74, 6) is -0.617. The summed E-state index contributed by atoms with van der Waals surface area (Å²) in [4.78, 5) is 25.8. The van der Waals surface area contributed by atoms with Gasteiger partial charge in [0.1, 0.15) is 17.2 Å². The highest BCUT2D eigenvalue weighted by atomic mass is 19.1. The van der Waals surface area contributed by atoms with Crippen LogP contribution < -0.4 is 11.1 Å². The standard InChI is InChI=1S/C33H27FN2O3/c1-20-7-10-23(32(38)36-33(15-16-33)24-5-3-2-4-6-24)19-26(20)22-11-14-28-27(18-22)30(31(35)37)29(39-28)17-21-8-12-25(34)13-9-21/h2-14,18-19H,15-17H2,1H3,(H2,35,37)(H,36,38). The fourth-order valence-corrected chi connectivity index (χ4v) is 5.23. The van der Waals surface area contributed by atoms with E-state index in [0.717, 1.165) is 40.7 Å². The maximum absolute atomic E-state index is 13.4. The second-order valence-corrected chi connectivity index (χ2v) is 10.2. The van der Waals surface area contributed by atoms with Crippen LogP contribution >= 0.6 is 0 Å². The molecule has 0 unspecified atom stereocenters. The molecule has 2 amide bonds. The minimum atomic E-state index is -0.594. The predicted octanol–water partition coefficient (Wildman–Crippen LogP) is 6.66. The summed E-state index contributed by atoms with van der Waals surface area (Å²) in [7, 11) is 0. The first-order valence-electron chi connectivity index (χ1n) is 12.9. The maximum Gasteiger partial charge on any atom is 0.252 e. The molecule has 0 saturated heterocycles. The van der Waals surface area contributed by atoms with Gasteiger partial charge in [0.25, 0.3) is 11.8 Å². The number of halogens is 1. The number of rotatable bonds is 7. The van der Waals surface area contributed by atoms with Crippen LogP contribution in [0.15, 0.2) is 95.4 Å². The molecule has 1 aliphatic carbocycles. The second-order valence-electron chi connectivity index (χ2n) is 10.2. The Morgan fingerprint density at radius 3 is 2.38 bits per heavy atom. The van der Waals surface area contributed by atoms with Crippen molar-refractivity contribution in [3.05, 3.63) is 130 Å². The lowest BCUT2D eigenvalue weighted by atomic mass is 9.95. The number of hydrogen-bond donors (Lipinski definition) is 2. The Hall–Kier alpha value is -4.71. The topological polar surface area (TPSA) is 85.3 Å². The highest BCUT2D eigenvalue weighted by Gasteiger charge is 2.45. The molecule has 5 nitrogen and oxygen atoms in total. The van der Waals surface area contributed by atoms with E-state index in [1.807, 2.05) is 61.5 Å². The summed E-state index contributed by atoms with van der Waals surface area (Å²) in [6.07, 6.45) is 2.13. The molecule has 39 heavy (non-hydrogen) atoms. The van der Waals surface area contributed by atoms with Crippen molar-refractivity contribution >= 4 is 22.8 Å². The molecule has 6 heteroatoms. The van der Waals surface area contributed by atoms with E-state index in [4.69, 9.17) is 10.2 Å². The first-order valence-corrected chi connectivity index (χ1v) is 12.9. The Bertz CT molecular complexity index is 1720. The molecule has 194 valence electrons. The van der Waals surface area contributed by atoms with Crippen molar-refractivity contribution in [2.45, 2.75) is 31.7 Å². The third kappa shape index (κ3) is 4.70. The van der Waals surface area contributed by atoms with E-state index in [1.165, 1.54) is 12.1 Å². The number of fused-ring (bicyclic) bond motifs is 1. The van der Waals surface area contributed by atoms with Crippen molar-refractivity contribution in [1.29, 1.82) is 0 Å². The van der Waals surface area contributed by atoms with Gasteiger partial charge >= 0.3 is 0 Å². The minimum Gasteiger partial charge on any atom is -0.460 e. The van der Waals surface area contributed by atoms with E-state index < -0.39 is 5.91 Å². The van der Waals surface area contributed by atoms with Gasteiger partial charge in [-0.25, -0.2) is 4.39 Å². The van der Waals surface area contributed by atoms with Crippen LogP contribution in [0.25, 0.3) is 22.1 Å². The zero-order chi connectivity index (χ0) is 27.1. The summed E-state index contributed by atoms with van der Waals surface area (Å²) >= 11 is 0. The molecule has 0 atom stereocenters. The fraction of sp³-hybridized carbons (Fsp3) is 0.152. The average Bonchev–Trinajstić information content (AvgIpc) is 3.62. The molecule has 1 heterocycles. The van der Waals surface area contributed by atoms with E-state index in [0.29, 0.717) is 34.3 Å². The van der Waals surface area contributed by atoms with Gasteiger partial charge in [-0.15, -0.1) is 0 Å². The molecule has 4 aromatic carbocycles. The molecule has 0 radical (unpaired) electrons. The van der Waals surface area contributed by atoms with Gasteiger partial charge < -0.3 is 15.5 Å². The van der Waals surface area contributed by atoms with E-state index in [9.17, 15) is 14.0 Å². The van der Waals surface area contributed by atoms with E-state index in [1.54, 1.807) is 12.1 Å². The van der Waals surface area contributed by atoms with E-state index in [2.05, 4.69) is 17.4 Å². The lowest BCUT2D eigenvalue weighted by Crippen LogP contribution is -2.34. The van der Waals surface area contributed by atoms with Crippen LogP contribution in [-0.4, -0.2) is 11.8 Å². The Labute approximate surface area is 225 Å². The number of nitrogens with one attached hydrogen (secondary N) is 1. The molecular formula is C33H27FN2O3. The molecule has 0 spiro atoms. The molecule has 0 aliphatic heterocycles. The van der Waals surface area contributed by atoms with Crippen molar-refractivity contribution in [2.75, 3.05) is 0 Å². The smallest absolute Gasteiger partial charge is 0.252 e. The van der Waals surface area contributed by atoms with Crippen LogP contribution in [0.5, 0.6) is 0 Å². The third-order valence-electron chi connectivity index (χ3n) is 7.53. The number of benzene rings is 4. The van der Waals surface area contributed by atoms with Gasteiger partial charge in [0, 0.05) is 17.4 Å². The minimum absolute atomic E-state index is 0.124. The van der Waals surface area contributed by atoms with Gasteiger partial charge in [-0.2, -0.15) is 0 Å². The molecule has 3 N–H and O–H groups in total. The highest BCUT2D eigenvalue weighted by molar-refractivity contribution is 6.07. The van der Waals surface area contributed by atoms with Gasteiger partial charge in [0.05, 0.1) is 11.1 Å². The maximum atomic E-state index is 13.4. The number of primary amides is 1. The quantitative estimate of drug-likeness (QED) is 0.253. The van der Waals surface area contributed by atoms with Crippen LogP contribution in [-0.2, 0) is 12.0 Å². The molecule has 1 fully saturated rings. The predicted molar refractivity (Wildman–Crippen MR) is 149 cm³/mol. The summed E-state index contributed by atoms with van der Waals surface area (Å²) in [5.41, 5.74) is 11.5. The molecule has 6 rings (SSSR count). The Morgan fingerprint density at radius 1 is 0.949 bits per heavy atom. The van der Waals surface area contributed by atoms with Crippen LogP contribution in [0.4, 0.5) is 4.39 Å². The highest BCUT2D eigenvalue weighted by Crippen LogP contribution is 2.45. The largest absolute Gasteiger partial charge is 0.460 e. The van der Waals surface area contributed by atoms with Gasteiger partial charge in [-0.3, -0.25) is 9.59 Å². The van der Waals surface area contributed by atoms with Crippen molar-refractivity contribution < 1.29 is 18.4 Å². The van der Waals surface area contributed by atoms with Crippen LogP contribution in [0, 0.1) is 12.7 Å². The summed E-state index contributed by atoms with van der Waals surface area (Å²) < 4.78 is 19.4. The van der Waals surface area contributed by atoms with Gasteiger partial charge in [-0.05, 0) is 84.0 Å². The fourth-order valence-electron chi connectivity index (χ4n) is 5.23. The number of nitrogens with two attached hydrogens (primary N) is 1. The SMILES string of the molecule is Cc1ccc(C(=O)NC2(c3ccccc3)CC2)cc1-c1ccc2oc(Cc3ccc(F)cc3)c(C(N)=O)c2c1. The zero-order valence-corrected chi connectivity index (χ0v) is 21.5. The number of furan rings is 1. The second kappa shape index (κ2) is 9.55. The molecule has 1 saturated carbocycles. The molecule has 0 bridgehead atoms. The van der Waals surface area contributed by atoms with E-state index >= 15 is 0 Å². The van der Waals surface area contributed by atoms with Crippen molar-refractivity contribution in [3.63, 3.8) is 0 Å². The monoisotopic (exact) mass is 518 g/mol. The number of amides is 2. The number of hydrogen-bond acceptors (Lipinski definition) is 3.